The minimum atomic E-state index is -2.94. The Morgan fingerprint density at radius 3 is 2.35 bits per heavy atom. The van der Waals surface area contributed by atoms with Crippen molar-refractivity contribution in [3.8, 4) is 0 Å². The van der Waals surface area contributed by atoms with Gasteiger partial charge in [0.05, 0.1) is 19.8 Å². The Morgan fingerprint density at radius 1 is 1.24 bits per heavy atom. The Hall–Kier alpha value is -0.640. The second-order valence-electron chi connectivity index (χ2n) is 3.45. The van der Waals surface area contributed by atoms with Crippen molar-refractivity contribution in [3.63, 3.8) is 0 Å². The van der Waals surface area contributed by atoms with Crippen LogP contribution in [0.3, 0.4) is 0 Å². The zero-order valence-corrected chi connectivity index (χ0v) is 11.6. The molecule has 0 aromatic heterocycles. The van der Waals surface area contributed by atoms with Gasteiger partial charge in [0.2, 0.25) is 0 Å². The van der Waals surface area contributed by atoms with Crippen LogP contribution in [0.15, 0.2) is 12.2 Å². The third-order valence-corrected chi connectivity index (χ3v) is 3.87. The molecule has 100 valence electrons. The minimum absolute atomic E-state index is 0.224. The Labute approximate surface area is 103 Å². The average molecular weight is 264 g/mol. The van der Waals surface area contributed by atoms with Gasteiger partial charge in [-0.3, -0.25) is 4.57 Å². The Kier molecular flexibility index (Phi) is 8.13. The summed E-state index contributed by atoms with van der Waals surface area (Å²) in [7, 11) is -2.94. The van der Waals surface area contributed by atoms with Crippen LogP contribution in [-0.2, 0) is 23.1 Å². The number of carbonyl (C=O) groups excluding carboxylic acids is 1. The van der Waals surface area contributed by atoms with E-state index >= 15 is 0 Å². The molecule has 0 saturated heterocycles. The van der Waals surface area contributed by atoms with Crippen molar-refractivity contribution < 1.29 is 23.1 Å². The number of rotatable bonds is 9. The monoisotopic (exact) mass is 264 g/mol. The molecule has 0 radical (unpaired) electrons. The van der Waals surface area contributed by atoms with Gasteiger partial charge in [0.25, 0.3) is 0 Å². The highest BCUT2D eigenvalue weighted by molar-refractivity contribution is 7.53. The van der Waals surface area contributed by atoms with Gasteiger partial charge in [0.1, 0.15) is 0 Å². The summed E-state index contributed by atoms with van der Waals surface area (Å²) in [4.78, 5) is 11.0. The first kappa shape index (κ1) is 16.4. The quantitative estimate of drug-likeness (QED) is 0.277. The third-order valence-electron chi connectivity index (χ3n) is 1.87. The van der Waals surface area contributed by atoms with Crippen LogP contribution in [0.1, 0.15) is 27.2 Å². The van der Waals surface area contributed by atoms with Crippen molar-refractivity contribution in [1.29, 1.82) is 0 Å². The minimum Gasteiger partial charge on any atom is -0.462 e. The van der Waals surface area contributed by atoms with E-state index in [2.05, 4.69) is 6.58 Å². The van der Waals surface area contributed by atoms with Crippen LogP contribution in [0.4, 0.5) is 0 Å². The van der Waals surface area contributed by atoms with Crippen molar-refractivity contribution >= 4 is 13.6 Å². The summed E-state index contributed by atoms with van der Waals surface area (Å²) in [5.74, 6) is -0.423. The van der Waals surface area contributed by atoms with E-state index in [-0.39, 0.29) is 13.2 Å². The van der Waals surface area contributed by atoms with Crippen molar-refractivity contribution in [1.82, 2.24) is 0 Å². The van der Waals surface area contributed by atoms with Gasteiger partial charge in [-0.05, 0) is 13.8 Å². The molecule has 0 rings (SSSR count). The van der Waals surface area contributed by atoms with Crippen LogP contribution in [0, 0.1) is 0 Å². The maximum Gasteiger partial charge on any atom is 0.333 e. The van der Waals surface area contributed by atoms with Gasteiger partial charge in [-0.2, -0.15) is 0 Å². The van der Waals surface area contributed by atoms with Crippen molar-refractivity contribution in [2.24, 2.45) is 0 Å². The van der Waals surface area contributed by atoms with E-state index in [4.69, 9.17) is 13.8 Å². The summed E-state index contributed by atoms with van der Waals surface area (Å²) in [5.41, 5.74) is 0.361. The predicted molar refractivity (Wildman–Crippen MR) is 66.1 cm³/mol. The van der Waals surface area contributed by atoms with E-state index in [0.717, 1.165) is 0 Å². The summed E-state index contributed by atoms with van der Waals surface area (Å²) in [6.45, 7) is 9.38. The average Bonchev–Trinajstić information content (AvgIpc) is 2.28. The lowest BCUT2D eigenvalue weighted by atomic mass is 10.4. The molecule has 0 saturated carbocycles. The molecule has 0 aromatic carbocycles. The Morgan fingerprint density at radius 2 is 1.88 bits per heavy atom. The highest BCUT2D eigenvalue weighted by Gasteiger charge is 2.20. The van der Waals surface area contributed by atoms with Crippen molar-refractivity contribution in [2.45, 2.75) is 27.2 Å². The molecule has 0 amide bonds. The third kappa shape index (κ3) is 7.31. The lowest BCUT2D eigenvalue weighted by molar-refractivity contribution is -0.139. The van der Waals surface area contributed by atoms with Gasteiger partial charge >= 0.3 is 13.6 Å². The smallest absolute Gasteiger partial charge is 0.333 e. The van der Waals surface area contributed by atoms with Crippen LogP contribution in [-0.4, -0.2) is 32.0 Å². The van der Waals surface area contributed by atoms with Crippen molar-refractivity contribution in [2.75, 3.05) is 26.0 Å². The van der Waals surface area contributed by atoms with Gasteiger partial charge in [-0.15, -0.1) is 0 Å². The molecule has 0 spiro atoms. The molecule has 0 bridgehead atoms. The van der Waals surface area contributed by atoms with Crippen LogP contribution in [0.25, 0.3) is 0 Å². The second kappa shape index (κ2) is 8.45. The van der Waals surface area contributed by atoms with Gasteiger partial charge in [0.15, 0.2) is 0 Å². The van der Waals surface area contributed by atoms with E-state index in [1.54, 1.807) is 20.8 Å². The molecule has 0 aliphatic rings. The lowest BCUT2D eigenvalue weighted by Gasteiger charge is -2.15. The number of ether oxygens (including phenoxy) is 1. The zero-order chi connectivity index (χ0) is 13.3. The second-order valence-corrected chi connectivity index (χ2v) is 5.82. The van der Waals surface area contributed by atoms with Gasteiger partial charge in [-0.1, -0.05) is 13.5 Å². The highest BCUT2D eigenvalue weighted by Crippen LogP contribution is 2.47. The van der Waals surface area contributed by atoms with Crippen LogP contribution >= 0.6 is 7.60 Å². The molecule has 0 heterocycles. The fourth-order valence-electron chi connectivity index (χ4n) is 0.967. The molecule has 0 aliphatic carbocycles. The normalized spacial score (nSPS) is 14.1. The van der Waals surface area contributed by atoms with Gasteiger partial charge < -0.3 is 13.8 Å². The molecule has 0 N–H and O–H groups in total. The van der Waals surface area contributed by atoms with Gasteiger partial charge in [-0.25, -0.2) is 4.79 Å². The Balaban J connectivity index is 3.73. The SMILES string of the molecule is C=C(C)C(=O)OCCCOP(=O)(CC)OCC. The molecule has 5 nitrogen and oxygen atoms in total. The standard InChI is InChI=1S/C11H21O5P/c1-5-15-17(13,6-2)16-9-7-8-14-11(12)10(3)4/h3,5-9H2,1-2,4H3. The predicted octanol–water partition coefficient (Wildman–Crippen LogP) is 2.76. The molecular formula is C11H21O5P. The Bertz CT molecular complexity index is 300. The number of hydrogen-bond acceptors (Lipinski definition) is 5. The summed E-state index contributed by atoms with van der Waals surface area (Å²) < 4.78 is 26.9. The highest BCUT2D eigenvalue weighted by atomic mass is 31.2. The largest absolute Gasteiger partial charge is 0.462 e. The van der Waals surface area contributed by atoms with E-state index in [9.17, 15) is 9.36 Å². The molecule has 0 aromatic rings. The summed E-state index contributed by atoms with van der Waals surface area (Å²) in [5, 5.41) is 0. The van der Waals surface area contributed by atoms with E-state index in [1.165, 1.54) is 0 Å². The van der Waals surface area contributed by atoms with Crippen LogP contribution in [0.2, 0.25) is 0 Å². The summed E-state index contributed by atoms with van der Waals surface area (Å²) in [6, 6.07) is 0. The molecular weight excluding hydrogens is 243 g/mol. The number of carbonyl (C=O) groups is 1. The lowest BCUT2D eigenvalue weighted by Crippen LogP contribution is -2.08. The van der Waals surface area contributed by atoms with Crippen LogP contribution < -0.4 is 0 Å². The maximum absolute atomic E-state index is 11.8. The van der Waals surface area contributed by atoms with Crippen molar-refractivity contribution in [3.05, 3.63) is 12.2 Å². The molecule has 1 unspecified atom stereocenters. The van der Waals surface area contributed by atoms with E-state index in [0.29, 0.717) is 24.8 Å². The topological polar surface area (TPSA) is 61.8 Å². The molecule has 0 fully saturated rings. The van der Waals surface area contributed by atoms with E-state index < -0.39 is 13.6 Å². The van der Waals surface area contributed by atoms with E-state index in [1.807, 2.05) is 0 Å². The first-order chi connectivity index (χ1) is 7.95. The fourth-order valence-corrected chi connectivity index (χ4v) is 2.21. The fraction of sp³-hybridized carbons (Fsp3) is 0.727. The molecule has 6 heteroatoms. The summed E-state index contributed by atoms with van der Waals surface area (Å²) >= 11 is 0. The maximum atomic E-state index is 11.8. The molecule has 17 heavy (non-hydrogen) atoms. The molecule has 1 atom stereocenters. The van der Waals surface area contributed by atoms with Crippen LogP contribution in [0.5, 0.6) is 0 Å². The summed E-state index contributed by atoms with van der Waals surface area (Å²) in [6.07, 6.45) is 0.822. The number of hydrogen-bond donors (Lipinski definition) is 0. The number of esters is 1. The van der Waals surface area contributed by atoms with Gasteiger partial charge in [0, 0.05) is 18.2 Å². The first-order valence-electron chi connectivity index (χ1n) is 5.66. The molecule has 0 aliphatic heterocycles. The zero-order valence-electron chi connectivity index (χ0n) is 10.7. The first-order valence-corrected chi connectivity index (χ1v) is 7.38.